The minimum Gasteiger partial charge on any atom is -0.479 e. The average Bonchev–Trinajstić information content (AvgIpc) is 2.84. The molecule has 0 saturated heterocycles. The van der Waals surface area contributed by atoms with Crippen molar-refractivity contribution in [1.29, 1.82) is 0 Å². The number of pyridine rings is 1. The third-order valence-corrected chi connectivity index (χ3v) is 3.90. The lowest BCUT2D eigenvalue weighted by Gasteiger charge is -2.12. The lowest BCUT2D eigenvalue weighted by Crippen LogP contribution is -2.03. The average molecular weight is 332 g/mol. The number of hydrogen-bond donors (Lipinski definition) is 0. The summed E-state index contributed by atoms with van der Waals surface area (Å²) >= 11 is 5.95. The molecule has 0 aliphatic carbocycles. The number of fused-ring (bicyclic) bond motifs is 1. The van der Waals surface area contributed by atoms with Crippen molar-refractivity contribution in [2.45, 2.75) is 33.7 Å². The van der Waals surface area contributed by atoms with Gasteiger partial charge >= 0.3 is 0 Å². The van der Waals surface area contributed by atoms with Crippen molar-refractivity contribution in [2.75, 3.05) is 7.11 Å². The molecule has 120 valence electrons. The van der Waals surface area contributed by atoms with E-state index in [2.05, 4.69) is 38.4 Å². The summed E-state index contributed by atoms with van der Waals surface area (Å²) in [5, 5.41) is 0.194. The van der Waals surface area contributed by atoms with Crippen LogP contribution >= 0.6 is 11.6 Å². The highest BCUT2D eigenvalue weighted by atomic mass is 35.5. The van der Waals surface area contributed by atoms with E-state index in [0.717, 1.165) is 22.4 Å². The normalized spacial score (nSPS) is 11.4. The fraction of sp³-hybridized carbons (Fsp3) is 0.375. The predicted molar refractivity (Wildman–Crippen MR) is 90.0 cm³/mol. The van der Waals surface area contributed by atoms with Crippen LogP contribution in [0.3, 0.4) is 0 Å². The van der Waals surface area contributed by atoms with Gasteiger partial charge in [-0.1, -0.05) is 0 Å². The monoisotopic (exact) mass is 331 g/mol. The number of methoxy groups -OCH3 is 1. The molecule has 0 bridgehead atoms. The summed E-state index contributed by atoms with van der Waals surface area (Å²) in [7, 11) is 1.59. The van der Waals surface area contributed by atoms with E-state index in [1.807, 2.05) is 19.9 Å². The molecule has 3 rings (SSSR count). The van der Waals surface area contributed by atoms with Crippen LogP contribution in [0.15, 0.2) is 12.3 Å². The van der Waals surface area contributed by atoms with E-state index in [-0.39, 0.29) is 11.3 Å². The van der Waals surface area contributed by atoms with Gasteiger partial charge in [-0.25, -0.2) is 19.9 Å². The second-order valence-corrected chi connectivity index (χ2v) is 6.02. The Morgan fingerprint density at radius 2 is 1.91 bits per heavy atom. The maximum Gasteiger partial charge on any atom is 0.242 e. The van der Waals surface area contributed by atoms with E-state index >= 15 is 0 Å². The Balaban J connectivity index is 2.35. The molecule has 3 heterocycles. The number of nitrogens with zero attached hydrogens (tertiary/aromatic N) is 5. The first-order chi connectivity index (χ1) is 10.9. The van der Waals surface area contributed by atoms with E-state index in [1.54, 1.807) is 13.3 Å². The number of imidazole rings is 1. The Kier molecular flexibility index (Phi) is 3.93. The van der Waals surface area contributed by atoms with Gasteiger partial charge in [0, 0.05) is 12.2 Å². The summed E-state index contributed by atoms with van der Waals surface area (Å²) < 4.78 is 7.60. The zero-order valence-corrected chi connectivity index (χ0v) is 14.5. The van der Waals surface area contributed by atoms with Gasteiger partial charge < -0.3 is 9.30 Å². The predicted octanol–water partition coefficient (Wildman–Crippen LogP) is 3.75. The molecule has 0 aromatic carbocycles. The fourth-order valence-electron chi connectivity index (χ4n) is 2.78. The third kappa shape index (κ3) is 2.63. The van der Waals surface area contributed by atoms with Gasteiger partial charge in [-0.05, 0) is 50.9 Å². The van der Waals surface area contributed by atoms with Gasteiger partial charge in [0.2, 0.25) is 11.2 Å². The van der Waals surface area contributed by atoms with Gasteiger partial charge in [-0.15, -0.1) is 0 Å². The summed E-state index contributed by atoms with van der Waals surface area (Å²) in [5.41, 5.74) is 4.00. The maximum absolute atomic E-state index is 5.95. The summed E-state index contributed by atoms with van der Waals surface area (Å²) in [6.45, 7) is 8.14. The molecule has 23 heavy (non-hydrogen) atoms. The van der Waals surface area contributed by atoms with Crippen molar-refractivity contribution in [3.8, 4) is 17.3 Å². The Hall–Kier alpha value is -2.21. The highest BCUT2D eigenvalue weighted by Crippen LogP contribution is 2.31. The quantitative estimate of drug-likeness (QED) is 0.684. The van der Waals surface area contributed by atoms with Crippen molar-refractivity contribution >= 4 is 22.6 Å². The van der Waals surface area contributed by atoms with Gasteiger partial charge in [0.25, 0.3) is 0 Å². The van der Waals surface area contributed by atoms with Crippen LogP contribution in [0.5, 0.6) is 5.88 Å². The Morgan fingerprint density at radius 1 is 1.17 bits per heavy atom. The lowest BCUT2D eigenvalue weighted by atomic mass is 10.1. The molecule has 0 fully saturated rings. The summed E-state index contributed by atoms with van der Waals surface area (Å²) in [4.78, 5) is 17.5. The zero-order chi connectivity index (χ0) is 16.7. The molecular weight excluding hydrogens is 314 g/mol. The highest BCUT2D eigenvalue weighted by molar-refractivity contribution is 6.28. The van der Waals surface area contributed by atoms with Crippen LogP contribution in [0.1, 0.15) is 31.3 Å². The van der Waals surface area contributed by atoms with Gasteiger partial charge in [0.05, 0.1) is 24.0 Å². The van der Waals surface area contributed by atoms with Gasteiger partial charge in [0.1, 0.15) is 5.82 Å². The molecule has 3 aromatic heterocycles. The second kappa shape index (κ2) is 5.77. The molecule has 6 nitrogen and oxygen atoms in total. The van der Waals surface area contributed by atoms with Crippen LogP contribution in [0.25, 0.3) is 22.4 Å². The molecule has 0 amide bonds. The summed E-state index contributed by atoms with van der Waals surface area (Å²) in [6.07, 6.45) is 1.69. The van der Waals surface area contributed by atoms with Crippen molar-refractivity contribution in [1.82, 2.24) is 24.5 Å². The van der Waals surface area contributed by atoms with E-state index in [0.29, 0.717) is 17.3 Å². The minimum atomic E-state index is 0.194. The minimum absolute atomic E-state index is 0.194. The number of halogens is 1. The summed E-state index contributed by atoms with van der Waals surface area (Å²) in [5.74, 6) is 1.40. The van der Waals surface area contributed by atoms with Crippen LogP contribution in [0.2, 0.25) is 5.28 Å². The molecule has 7 heteroatoms. The molecule has 0 N–H and O–H groups in total. The van der Waals surface area contributed by atoms with Crippen molar-refractivity contribution in [3.63, 3.8) is 0 Å². The molecule has 0 aliphatic heterocycles. The molecular formula is C16H18ClN5O. The van der Waals surface area contributed by atoms with Crippen molar-refractivity contribution < 1.29 is 4.74 Å². The van der Waals surface area contributed by atoms with Crippen LogP contribution in [0.4, 0.5) is 0 Å². The number of ether oxygens (including phenoxy) is 1. The van der Waals surface area contributed by atoms with E-state index in [4.69, 9.17) is 16.3 Å². The molecule has 0 unspecified atom stereocenters. The van der Waals surface area contributed by atoms with Crippen LogP contribution < -0.4 is 4.74 Å². The Labute approximate surface area is 139 Å². The molecule has 0 saturated carbocycles. The fourth-order valence-corrected chi connectivity index (χ4v) is 2.91. The molecule has 0 spiro atoms. The molecule has 0 atom stereocenters. The molecule has 0 radical (unpaired) electrons. The second-order valence-electron chi connectivity index (χ2n) is 5.68. The Morgan fingerprint density at radius 3 is 2.57 bits per heavy atom. The first-order valence-electron chi connectivity index (χ1n) is 7.35. The zero-order valence-electron chi connectivity index (χ0n) is 13.8. The number of hydrogen-bond acceptors (Lipinski definition) is 5. The van der Waals surface area contributed by atoms with Crippen LogP contribution in [-0.2, 0) is 0 Å². The van der Waals surface area contributed by atoms with E-state index in [9.17, 15) is 0 Å². The standard InChI is InChI=1S/C16H18ClN5O/c1-8(2)22-10(4)19-14-12(22)6-11(20-15(14)23-5)13-9(3)7-18-16(17)21-13/h6-8H,1-5H3. The summed E-state index contributed by atoms with van der Waals surface area (Å²) in [6, 6.07) is 2.25. The highest BCUT2D eigenvalue weighted by Gasteiger charge is 2.18. The first-order valence-corrected chi connectivity index (χ1v) is 7.73. The van der Waals surface area contributed by atoms with Crippen molar-refractivity contribution in [2.24, 2.45) is 0 Å². The first kappa shape index (κ1) is 15.7. The van der Waals surface area contributed by atoms with E-state index in [1.165, 1.54) is 0 Å². The number of aryl methyl sites for hydroxylation is 2. The van der Waals surface area contributed by atoms with Gasteiger partial charge in [-0.3, -0.25) is 0 Å². The van der Waals surface area contributed by atoms with Crippen molar-refractivity contribution in [3.05, 3.63) is 28.9 Å². The largest absolute Gasteiger partial charge is 0.479 e. The molecule has 0 aliphatic rings. The number of aromatic nitrogens is 5. The molecule has 3 aromatic rings. The maximum atomic E-state index is 5.95. The van der Waals surface area contributed by atoms with Gasteiger partial charge in [0.15, 0.2) is 5.52 Å². The SMILES string of the molecule is COc1nc(-c2nc(Cl)ncc2C)cc2c1nc(C)n2C(C)C. The Bertz CT molecular complexity index is 888. The number of rotatable bonds is 3. The van der Waals surface area contributed by atoms with Crippen LogP contribution in [0, 0.1) is 13.8 Å². The third-order valence-electron chi connectivity index (χ3n) is 3.72. The topological polar surface area (TPSA) is 65.7 Å². The lowest BCUT2D eigenvalue weighted by molar-refractivity contribution is 0.403. The van der Waals surface area contributed by atoms with E-state index < -0.39 is 0 Å². The van der Waals surface area contributed by atoms with Gasteiger partial charge in [-0.2, -0.15) is 0 Å². The van der Waals surface area contributed by atoms with Crippen LogP contribution in [-0.4, -0.2) is 31.6 Å². The smallest absolute Gasteiger partial charge is 0.242 e.